The van der Waals surface area contributed by atoms with Gasteiger partial charge in [-0.25, -0.2) is 9.65 Å². The van der Waals surface area contributed by atoms with Crippen LogP contribution >= 0.6 is 7.75 Å². The molecule has 0 saturated heterocycles. The first-order valence-corrected chi connectivity index (χ1v) is 12.5. The van der Waals surface area contributed by atoms with E-state index in [0.29, 0.717) is 18.2 Å². The summed E-state index contributed by atoms with van der Waals surface area (Å²) in [6, 6.07) is 27.0. The standard InChI is InChI=1S/C26H28NO3P/c1-29-31(28,30-20-10-3-2-4-11-20)27-19-9-17-26-18-16-21(22-12-5-7-14-24(22)26)23-13-6-8-15-25(23)26/h2-8,10-15,21H,9,16-19H2,1H3,(H,27,28). The van der Waals surface area contributed by atoms with Crippen LogP contribution < -0.4 is 9.61 Å². The highest BCUT2D eigenvalue weighted by Crippen LogP contribution is 2.58. The summed E-state index contributed by atoms with van der Waals surface area (Å²) >= 11 is 0. The molecule has 160 valence electrons. The molecule has 3 aliphatic carbocycles. The fraction of sp³-hybridized carbons (Fsp3) is 0.308. The van der Waals surface area contributed by atoms with Crippen molar-refractivity contribution in [3.63, 3.8) is 0 Å². The highest BCUT2D eigenvalue weighted by Gasteiger charge is 2.47. The van der Waals surface area contributed by atoms with Gasteiger partial charge in [0.05, 0.1) is 0 Å². The van der Waals surface area contributed by atoms with Gasteiger partial charge in [0.25, 0.3) is 0 Å². The van der Waals surface area contributed by atoms with Gasteiger partial charge >= 0.3 is 7.75 Å². The number of hydrogen-bond donors (Lipinski definition) is 1. The van der Waals surface area contributed by atoms with Gasteiger partial charge in [-0.1, -0.05) is 66.7 Å². The molecule has 1 N–H and O–H groups in total. The van der Waals surface area contributed by atoms with Crippen molar-refractivity contribution in [2.24, 2.45) is 0 Å². The van der Waals surface area contributed by atoms with Crippen molar-refractivity contribution in [2.45, 2.75) is 37.0 Å². The molecule has 1 atom stereocenters. The number of hydrogen-bond acceptors (Lipinski definition) is 3. The first-order chi connectivity index (χ1) is 15.2. The lowest BCUT2D eigenvalue weighted by Gasteiger charge is -2.50. The Kier molecular flexibility index (Phi) is 5.47. The Morgan fingerprint density at radius 1 is 0.935 bits per heavy atom. The van der Waals surface area contributed by atoms with E-state index in [1.807, 2.05) is 18.2 Å². The SMILES string of the molecule is COP(=O)(NCCCC12CCC(c3ccccc31)c1ccccc12)Oc1ccccc1. The zero-order chi connectivity index (χ0) is 21.3. The second-order valence-electron chi connectivity index (χ2n) is 8.44. The zero-order valence-electron chi connectivity index (χ0n) is 17.8. The van der Waals surface area contributed by atoms with Gasteiger partial charge in [-0.15, -0.1) is 0 Å². The van der Waals surface area contributed by atoms with Gasteiger partial charge in [0.2, 0.25) is 0 Å². The van der Waals surface area contributed by atoms with Crippen LogP contribution in [0.4, 0.5) is 0 Å². The van der Waals surface area contributed by atoms with E-state index in [4.69, 9.17) is 9.05 Å². The third-order valence-electron chi connectivity index (χ3n) is 6.86. The van der Waals surface area contributed by atoms with E-state index < -0.39 is 7.75 Å². The Bertz CT molecular complexity index is 1070. The number of benzene rings is 3. The molecule has 0 radical (unpaired) electrons. The van der Waals surface area contributed by atoms with E-state index in [9.17, 15) is 4.57 Å². The molecule has 0 aromatic heterocycles. The predicted octanol–water partition coefficient (Wildman–Crippen LogP) is 6.42. The monoisotopic (exact) mass is 433 g/mol. The van der Waals surface area contributed by atoms with Crippen LogP contribution in [-0.2, 0) is 14.5 Å². The summed E-state index contributed by atoms with van der Waals surface area (Å²) in [4.78, 5) is 0. The first kappa shape index (κ1) is 20.5. The van der Waals surface area contributed by atoms with E-state index >= 15 is 0 Å². The van der Waals surface area contributed by atoms with E-state index in [2.05, 4.69) is 53.6 Å². The molecule has 0 fully saturated rings. The lowest BCUT2D eigenvalue weighted by molar-refractivity contribution is 0.304. The molecule has 2 bridgehead atoms. The molecule has 0 heterocycles. The summed E-state index contributed by atoms with van der Waals surface area (Å²) in [6.07, 6.45) is 4.22. The molecule has 0 spiro atoms. The smallest absolute Gasteiger partial charge is 0.413 e. The van der Waals surface area contributed by atoms with Crippen LogP contribution in [0.5, 0.6) is 5.75 Å². The molecule has 0 amide bonds. The highest BCUT2D eigenvalue weighted by molar-refractivity contribution is 7.52. The van der Waals surface area contributed by atoms with Crippen LogP contribution in [0.3, 0.4) is 0 Å². The van der Waals surface area contributed by atoms with Gasteiger partial charge in [0.15, 0.2) is 0 Å². The average molecular weight is 433 g/mol. The van der Waals surface area contributed by atoms with Gasteiger partial charge < -0.3 is 4.52 Å². The Morgan fingerprint density at radius 2 is 1.55 bits per heavy atom. The van der Waals surface area contributed by atoms with Crippen molar-refractivity contribution in [3.8, 4) is 5.75 Å². The third kappa shape index (κ3) is 3.63. The lowest BCUT2D eigenvalue weighted by atomic mass is 9.54. The molecule has 1 unspecified atom stereocenters. The largest absolute Gasteiger partial charge is 0.458 e. The van der Waals surface area contributed by atoms with E-state index in [1.165, 1.54) is 35.8 Å². The minimum atomic E-state index is -3.39. The number of para-hydroxylation sites is 1. The van der Waals surface area contributed by atoms with Crippen molar-refractivity contribution in [1.29, 1.82) is 0 Å². The minimum Gasteiger partial charge on any atom is -0.413 e. The minimum absolute atomic E-state index is 0.0287. The summed E-state index contributed by atoms with van der Waals surface area (Å²) in [7, 11) is -1.97. The Hall–Kier alpha value is -2.39. The fourth-order valence-corrected chi connectivity index (χ4v) is 6.61. The molecule has 0 aliphatic heterocycles. The highest BCUT2D eigenvalue weighted by atomic mass is 31.2. The molecule has 4 nitrogen and oxygen atoms in total. The number of fused-ring (bicyclic) bond motifs is 1. The van der Waals surface area contributed by atoms with Crippen molar-refractivity contribution in [2.75, 3.05) is 13.7 Å². The topological polar surface area (TPSA) is 47.6 Å². The van der Waals surface area contributed by atoms with Crippen LogP contribution in [0, 0.1) is 0 Å². The second kappa shape index (κ2) is 8.27. The van der Waals surface area contributed by atoms with Crippen molar-refractivity contribution in [3.05, 3.63) is 101 Å². The Morgan fingerprint density at radius 3 is 2.19 bits per heavy atom. The molecular formula is C26H28NO3P. The normalized spacial score (nSPS) is 22.9. The Balaban J connectivity index is 1.33. The summed E-state index contributed by atoms with van der Waals surface area (Å²) in [5, 5.41) is 3.05. The van der Waals surface area contributed by atoms with Gasteiger partial charge in [-0.2, -0.15) is 0 Å². The van der Waals surface area contributed by atoms with Gasteiger partial charge in [-0.3, -0.25) is 4.52 Å². The molecular weight excluding hydrogens is 405 g/mol. The van der Waals surface area contributed by atoms with E-state index in [1.54, 1.807) is 12.1 Å². The van der Waals surface area contributed by atoms with Gasteiger partial charge in [0.1, 0.15) is 5.75 Å². The van der Waals surface area contributed by atoms with Crippen molar-refractivity contribution < 1.29 is 13.6 Å². The zero-order valence-corrected chi connectivity index (χ0v) is 18.7. The van der Waals surface area contributed by atoms with Gasteiger partial charge in [-0.05, 0) is 60.1 Å². The molecule has 3 aromatic rings. The summed E-state index contributed by atoms with van der Waals surface area (Å²) in [5.41, 5.74) is 5.94. The second-order valence-corrected chi connectivity index (χ2v) is 10.3. The van der Waals surface area contributed by atoms with Crippen molar-refractivity contribution in [1.82, 2.24) is 5.09 Å². The van der Waals surface area contributed by atoms with Gasteiger partial charge in [0, 0.05) is 25.0 Å². The fourth-order valence-electron chi connectivity index (χ4n) is 5.51. The maximum absolute atomic E-state index is 13.0. The number of rotatable bonds is 8. The molecule has 0 saturated carbocycles. The van der Waals surface area contributed by atoms with E-state index in [-0.39, 0.29) is 5.41 Å². The first-order valence-electron chi connectivity index (χ1n) is 11.0. The average Bonchev–Trinajstić information content (AvgIpc) is 2.83. The summed E-state index contributed by atoms with van der Waals surface area (Å²) < 4.78 is 23.9. The molecule has 5 heteroatoms. The molecule has 6 rings (SSSR count). The molecule has 31 heavy (non-hydrogen) atoms. The molecule has 3 aromatic carbocycles. The van der Waals surface area contributed by atoms with Crippen LogP contribution in [0.2, 0.25) is 0 Å². The van der Waals surface area contributed by atoms with Crippen LogP contribution in [0.1, 0.15) is 53.9 Å². The summed E-state index contributed by atoms with van der Waals surface area (Å²) in [6.45, 7) is 0.563. The maximum atomic E-state index is 13.0. The van der Waals surface area contributed by atoms with Crippen LogP contribution in [0.15, 0.2) is 78.9 Å². The number of nitrogens with one attached hydrogen (secondary N) is 1. The quantitative estimate of drug-likeness (QED) is 0.329. The summed E-state index contributed by atoms with van der Waals surface area (Å²) in [5.74, 6) is 1.05. The van der Waals surface area contributed by atoms with Crippen LogP contribution in [-0.4, -0.2) is 13.7 Å². The lowest BCUT2D eigenvalue weighted by Crippen LogP contribution is -2.40. The predicted molar refractivity (Wildman–Crippen MR) is 124 cm³/mol. The van der Waals surface area contributed by atoms with Crippen LogP contribution in [0.25, 0.3) is 0 Å². The maximum Gasteiger partial charge on any atom is 0.458 e. The van der Waals surface area contributed by atoms with Crippen molar-refractivity contribution >= 4 is 7.75 Å². The Labute approximate surface area is 184 Å². The molecule has 3 aliphatic rings. The van der Waals surface area contributed by atoms with E-state index in [0.717, 1.165) is 19.3 Å². The third-order valence-corrected chi connectivity index (χ3v) is 8.40.